The Morgan fingerprint density at radius 1 is 1.02 bits per heavy atom. The molecule has 2 N–H and O–H groups in total. The third-order valence-corrected chi connectivity index (χ3v) is 7.75. The highest BCUT2D eigenvalue weighted by molar-refractivity contribution is 6.06. The van der Waals surface area contributed by atoms with Crippen LogP contribution in [-0.4, -0.2) is 83.6 Å². The third kappa shape index (κ3) is 6.31. The number of nitrogens with one attached hydrogen (secondary N) is 2. The van der Waals surface area contributed by atoms with E-state index in [2.05, 4.69) is 35.6 Å². The summed E-state index contributed by atoms with van der Waals surface area (Å²) in [5.41, 5.74) is 2.02. The van der Waals surface area contributed by atoms with E-state index in [-0.39, 0.29) is 23.4 Å². The first-order valence-electron chi connectivity index (χ1n) is 14.3. The second-order valence-electron chi connectivity index (χ2n) is 10.7. The van der Waals surface area contributed by atoms with E-state index in [1.165, 1.54) is 6.26 Å². The van der Waals surface area contributed by atoms with E-state index in [4.69, 9.17) is 4.42 Å². The van der Waals surface area contributed by atoms with Crippen LogP contribution in [0.25, 0.3) is 0 Å². The lowest BCUT2D eigenvalue weighted by molar-refractivity contribution is -0.127. The fourth-order valence-electron chi connectivity index (χ4n) is 5.30. The summed E-state index contributed by atoms with van der Waals surface area (Å²) in [4.78, 5) is 48.6. The minimum Gasteiger partial charge on any atom is -0.448 e. The molecule has 0 bridgehead atoms. The Bertz CT molecular complexity index is 1400. The molecule has 2 saturated heterocycles. The number of carbonyl (C=O) groups excluding carboxylic acids is 3. The van der Waals surface area contributed by atoms with Crippen molar-refractivity contribution in [1.82, 2.24) is 25.4 Å². The summed E-state index contributed by atoms with van der Waals surface area (Å²) in [6, 6.07) is 9.18. The summed E-state index contributed by atoms with van der Waals surface area (Å²) in [5, 5.41) is 14.1. The second kappa shape index (κ2) is 11.9. The number of hydrogen-bond acceptors (Lipinski definition) is 9. The molecule has 1 saturated carbocycles. The second-order valence-corrected chi connectivity index (χ2v) is 10.7. The van der Waals surface area contributed by atoms with Crippen LogP contribution in [0.3, 0.4) is 0 Å². The quantitative estimate of drug-likeness (QED) is 0.360. The van der Waals surface area contributed by atoms with Crippen LogP contribution in [0, 0.1) is 0 Å². The maximum absolute atomic E-state index is 13.2. The van der Waals surface area contributed by atoms with Crippen molar-refractivity contribution in [3.63, 3.8) is 0 Å². The average Bonchev–Trinajstić information content (AvgIpc) is 3.59. The maximum atomic E-state index is 13.2. The number of nitrogens with zero attached hydrogens (tertiary/aromatic N) is 6. The molecule has 6 rings (SSSR count). The van der Waals surface area contributed by atoms with E-state index >= 15 is 0 Å². The number of piperazine rings is 1. The molecule has 214 valence electrons. The Hall–Kier alpha value is -4.48. The van der Waals surface area contributed by atoms with Crippen LogP contribution < -0.4 is 20.4 Å². The van der Waals surface area contributed by atoms with Gasteiger partial charge in [0, 0.05) is 69.9 Å². The van der Waals surface area contributed by atoms with Crippen LogP contribution in [0.4, 0.5) is 17.2 Å². The molecule has 4 heterocycles. The van der Waals surface area contributed by atoms with Crippen molar-refractivity contribution in [3.05, 3.63) is 59.9 Å². The normalized spacial score (nSPS) is 17.2. The maximum Gasteiger partial charge on any atom is 0.277 e. The molecule has 0 atom stereocenters. The number of likely N-dealkylation sites (tertiary alicyclic amines) is 1. The average molecular weight is 559 g/mol. The molecule has 2 aromatic heterocycles. The first-order valence-corrected chi connectivity index (χ1v) is 14.3. The molecular formula is C29H34N8O4. The Morgan fingerprint density at radius 2 is 1.85 bits per heavy atom. The highest BCUT2D eigenvalue weighted by Gasteiger charge is 2.30. The van der Waals surface area contributed by atoms with E-state index < -0.39 is 0 Å². The van der Waals surface area contributed by atoms with Gasteiger partial charge < -0.3 is 29.8 Å². The Morgan fingerprint density at radius 3 is 2.59 bits per heavy atom. The molecule has 12 nitrogen and oxygen atoms in total. The number of oxazole rings is 1. The molecular weight excluding hydrogens is 524 g/mol. The van der Waals surface area contributed by atoms with Gasteiger partial charge in [-0.05, 0) is 56.0 Å². The zero-order valence-corrected chi connectivity index (χ0v) is 22.9. The van der Waals surface area contributed by atoms with Crippen LogP contribution in [0.2, 0.25) is 0 Å². The topological polar surface area (TPSA) is 137 Å². The van der Waals surface area contributed by atoms with Gasteiger partial charge in [0.25, 0.3) is 11.8 Å². The van der Waals surface area contributed by atoms with Gasteiger partial charge in [-0.15, -0.1) is 5.10 Å². The fraction of sp³-hybridized carbons (Fsp3) is 0.448. The largest absolute Gasteiger partial charge is 0.448 e. The molecule has 12 heteroatoms. The van der Waals surface area contributed by atoms with Crippen molar-refractivity contribution in [2.45, 2.75) is 38.0 Å². The Balaban J connectivity index is 1.14. The van der Waals surface area contributed by atoms with Gasteiger partial charge in [0.1, 0.15) is 6.26 Å². The highest BCUT2D eigenvalue weighted by Crippen LogP contribution is 2.39. The van der Waals surface area contributed by atoms with Crippen molar-refractivity contribution >= 4 is 34.9 Å². The first-order chi connectivity index (χ1) is 20.0. The minimum absolute atomic E-state index is 0.182. The van der Waals surface area contributed by atoms with Crippen LogP contribution in [0.15, 0.2) is 47.2 Å². The van der Waals surface area contributed by atoms with Crippen LogP contribution in [0.1, 0.15) is 64.8 Å². The van der Waals surface area contributed by atoms with Gasteiger partial charge in [0.05, 0.1) is 11.4 Å². The van der Waals surface area contributed by atoms with Gasteiger partial charge in [-0.3, -0.25) is 14.4 Å². The minimum atomic E-state index is -0.382. The van der Waals surface area contributed by atoms with E-state index in [0.717, 1.165) is 50.4 Å². The fourth-order valence-corrected chi connectivity index (χ4v) is 5.30. The number of carbonyl (C=O) groups is 3. The van der Waals surface area contributed by atoms with E-state index in [0.29, 0.717) is 62.1 Å². The summed E-state index contributed by atoms with van der Waals surface area (Å²) in [5.74, 6) is 1.30. The van der Waals surface area contributed by atoms with Gasteiger partial charge in [0.2, 0.25) is 5.91 Å². The first kappa shape index (κ1) is 26.7. The van der Waals surface area contributed by atoms with Crippen molar-refractivity contribution in [2.75, 3.05) is 60.9 Å². The number of rotatable bonds is 10. The van der Waals surface area contributed by atoms with Crippen molar-refractivity contribution in [2.24, 2.45) is 0 Å². The molecule has 0 spiro atoms. The number of amides is 3. The number of anilines is 3. The molecule has 3 aromatic rings. The summed E-state index contributed by atoms with van der Waals surface area (Å²) in [6.07, 6.45) is 7.30. The Labute approximate surface area is 238 Å². The SMILES string of the molecule is O=C(NCCCN1CCCC1=O)c1ccc(N2CCN(c3cccnn3)CC2)c(NC(=O)c2coc(C3CC3)n2)c1. The van der Waals surface area contributed by atoms with Crippen molar-refractivity contribution in [3.8, 4) is 0 Å². The monoisotopic (exact) mass is 558 g/mol. The summed E-state index contributed by atoms with van der Waals surface area (Å²) in [6.45, 7) is 4.77. The van der Waals surface area contributed by atoms with E-state index in [9.17, 15) is 14.4 Å². The Kier molecular flexibility index (Phi) is 7.79. The lowest BCUT2D eigenvalue weighted by Gasteiger charge is -2.37. The number of hydrogen-bond donors (Lipinski definition) is 2. The van der Waals surface area contributed by atoms with Crippen LogP contribution >= 0.6 is 0 Å². The lowest BCUT2D eigenvalue weighted by atomic mass is 10.1. The molecule has 0 unspecified atom stereocenters. The molecule has 3 fully saturated rings. The van der Waals surface area contributed by atoms with Crippen LogP contribution in [-0.2, 0) is 4.79 Å². The molecule has 3 amide bonds. The van der Waals surface area contributed by atoms with Gasteiger partial charge in [-0.1, -0.05) is 0 Å². The zero-order valence-electron chi connectivity index (χ0n) is 22.9. The third-order valence-electron chi connectivity index (χ3n) is 7.75. The molecule has 3 aliphatic rings. The van der Waals surface area contributed by atoms with Gasteiger partial charge in [-0.2, -0.15) is 5.10 Å². The molecule has 1 aliphatic carbocycles. The van der Waals surface area contributed by atoms with Crippen LogP contribution in [0.5, 0.6) is 0 Å². The van der Waals surface area contributed by atoms with Gasteiger partial charge >= 0.3 is 0 Å². The highest BCUT2D eigenvalue weighted by atomic mass is 16.3. The lowest BCUT2D eigenvalue weighted by Crippen LogP contribution is -2.47. The molecule has 0 radical (unpaired) electrons. The summed E-state index contributed by atoms with van der Waals surface area (Å²) >= 11 is 0. The van der Waals surface area contributed by atoms with Crippen molar-refractivity contribution in [1.29, 1.82) is 0 Å². The predicted molar refractivity (Wildman–Crippen MR) is 152 cm³/mol. The molecule has 1 aromatic carbocycles. The van der Waals surface area contributed by atoms with Gasteiger partial charge in [0.15, 0.2) is 17.4 Å². The molecule has 41 heavy (non-hydrogen) atoms. The number of benzene rings is 1. The zero-order chi connectivity index (χ0) is 28.2. The van der Waals surface area contributed by atoms with Crippen molar-refractivity contribution < 1.29 is 18.8 Å². The van der Waals surface area contributed by atoms with Gasteiger partial charge in [-0.25, -0.2) is 4.98 Å². The molecule has 2 aliphatic heterocycles. The van der Waals surface area contributed by atoms with E-state index in [1.807, 2.05) is 23.1 Å². The summed E-state index contributed by atoms with van der Waals surface area (Å²) in [7, 11) is 0. The summed E-state index contributed by atoms with van der Waals surface area (Å²) < 4.78 is 5.52. The van der Waals surface area contributed by atoms with E-state index in [1.54, 1.807) is 18.3 Å². The smallest absolute Gasteiger partial charge is 0.277 e. The predicted octanol–water partition coefficient (Wildman–Crippen LogP) is 2.66. The number of aromatic nitrogens is 3. The standard InChI is InChI=1S/C29H34N8O4/c38-26-5-2-12-37(26)13-3-10-30-27(39)21-8-9-24(35-14-16-36(17-15-35)25-4-1-11-31-34-25)22(18-21)32-28(40)23-19-41-29(33-23)20-6-7-20/h1,4,8-9,11,18-20H,2-3,5-7,10,12-17H2,(H,30,39)(H,32,40).